The van der Waals surface area contributed by atoms with Crippen LogP contribution in [0.15, 0.2) is 95.9 Å². The van der Waals surface area contributed by atoms with Gasteiger partial charge in [-0.25, -0.2) is 4.68 Å². The summed E-state index contributed by atoms with van der Waals surface area (Å²) in [6.07, 6.45) is 7.53. The fourth-order valence-corrected chi connectivity index (χ4v) is 3.47. The summed E-state index contributed by atoms with van der Waals surface area (Å²) < 4.78 is 8.66. The number of para-hydroxylation sites is 1. The zero-order valence-electron chi connectivity index (χ0n) is 18.2. The molecule has 0 aliphatic carbocycles. The maximum atomic E-state index is 13.2. The second-order valence-electron chi connectivity index (χ2n) is 7.46. The third-order valence-electron chi connectivity index (χ3n) is 5.14. The second-order valence-corrected chi connectivity index (χ2v) is 7.46. The Bertz CT molecular complexity index is 1390. The van der Waals surface area contributed by atoms with Gasteiger partial charge in [-0.1, -0.05) is 48.5 Å². The zero-order chi connectivity index (χ0) is 23.2. The number of furan rings is 1. The molecule has 34 heavy (non-hydrogen) atoms. The summed E-state index contributed by atoms with van der Waals surface area (Å²) in [6.45, 7) is 0.414. The van der Waals surface area contributed by atoms with Gasteiger partial charge >= 0.3 is 0 Å². The maximum absolute atomic E-state index is 13.2. The summed E-state index contributed by atoms with van der Waals surface area (Å²) in [5.74, 6) is 0.651. The van der Waals surface area contributed by atoms with Gasteiger partial charge in [-0.05, 0) is 46.7 Å². The molecule has 168 valence electrons. The molecule has 0 aliphatic heterocycles. The van der Waals surface area contributed by atoms with Gasteiger partial charge in [0.1, 0.15) is 11.5 Å². The lowest BCUT2D eigenvalue weighted by atomic mass is 10.2. The molecular formula is C25H21N7O2. The first kappa shape index (κ1) is 21.1. The van der Waals surface area contributed by atoms with Gasteiger partial charge in [-0.3, -0.25) is 4.79 Å². The Labute approximate surface area is 195 Å². The molecule has 5 rings (SSSR count). The predicted octanol–water partition coefficient (Wildman–Crippen LogP) is 3.48. The number of rotatable bonds is 8. The number of hydrogen-bond acceptors (Lipinski definition) is 6. The molecule has 2 aromatic carbocycles. The van der Waals surface area contributed by atoms with Gasteiger partial charge in [-0.2, -0.15) is 9.78 Å². The summed E-state index contributed by atoms with van der Waals surface area (Å²) in [5.41, 5.74) is 3.03. The van der Waals surface area contributed by atoms with Gasteiger partial charge in [0.15, 0.2) is 5.82 Å². The normalized spacial score (nSPS) is 11.5. The minimum atomic E-state index is -0.323. The summed E-state index contributed by atoms with van der Waals surface area (Å²) in [6, 6.07) is 22.8. The molecule has 0 spiro atoms. The summed E-state index contributed by atoms with van der Waals surface area (Å²) in [5, 5.41) is 19.3. The second kappa shape index (κ2) is 9.78. The predicted molar refractivity (Wildman–Crippen MR) is 126 cm³/mol. The van der Waals surface area contributed by atoms with Gasteiger partial charge in [-0.15, -0.1) is 5.10 Å². The van der Waals surface area contributed by atoms with E-state index < -0.39 is 0 Å². The molecule has 3 heterocycles. The van der Waals surface area contributed by atoms with Crippen LogP contribution in [-0.4, -0.2) is 42.4 Å². The van der Waals surface area contributed by atoms with Crippen molar-refractivity contribution in [3.8, 4) is 17.1 Å². The fourth-order valence-electron chi connectivity index (χ4n) is 3.47. The molecule has 5 aromatic rings. The highest BCUT2D eigenvalue weighted by Crippen LogP contribution is 2.20. The highest BCUT2D eigenvalue weighted by atomic mass is 16.3. The smallest absolute Gasteiger partial charge is 0.270 e. The lowest BCUT2D eigenvalue weighted by Gasteiger charge is -2.10. The van der Waals surface area contributed by atoms with E-state index in [-0.39, 0.29) is 11.6 Å². The largest absolute Gasteiger partial charge is 0.465 e. The minimum Gasteiger partial charge on any atom is -0.465 e. The summed E-state index contributed by atoms with van der Waals surface area (Å²) in [7, 11) is 0. The molecule has 1 N–H and O–H groups in total. The van der Waals surface area contributed by atoms with Gasteiger partial charge in [0.05, 0.1) is 18.1 Å². The van der Waals surface area contributed by atoms with Crippen LogP contribution in [0.4, 0.5) is 0 Å². The topological polar surface area (TPSA) is 104 Å². The van der Waals surface area contributed by atoms with Gasteiger partial charge in [0.2, 0.25) is 0 Å². The van der Waals surface area contributed by atoms with Crippen LogP contribution in [0, 0.1) is 0 Å². The van der Waals surface area contributed by atoms with E-state index in [4.69, 9.17) is 4.42 Å². The molecule has 0 saturated carbocycles. The Morgan fingerprint density at radius 3 is 2.56 bits per heavy atom. The molecule has 0 unspecified atom stereocenters. The number of aromatic nitrogens is 6. The zero-order valence-corrected chi connectivity index (χ0v) is 18.2. The van der Waals surface area contributed by atoms with Crippen molar-refractivity contribution in [1.82, 2.24) is 35.3 Å². The highest BCUT2D eigenvalue weighted by molar-refractivity contribution is 6.18. The van der Waals surface area contributed by atoms with E-state index >= 15 is 0 Å². The average Bonchev–Trinajstić information content (AvgIpc) is 3.66. The Morgan fingerprint density at radius 1 is 1.00 bits per heavy atom. The van der Waals surface area contributed by atoms with E-state index in [2.05, 4.69) is 25.9 Å². The SMILES string of the molecule is O=C(NCCc1cnn(-c2ccccc2)c1)/C(=C/c1ccco1)n1nnnc1-c1ccccc1. The number of hydrogen-bond donors (Lipinski definition) is 1. The van der Waals surface area contributed by atoms with Crippen LogP contribution in [0.5, 0.6) is 0 Å². The standard InChI is InChI=1S/C25H21N7O2/c33-25(26-14-13-19-17-27-31(18-19)21-10-5-2-6-11-21)23(16-22-12-7-15-34-22)32-24(28-29-30-32)20-8-3-1-4-9-20/h1-12,15-18H,13-14H2,(H,26,33)/b23-16-. The van der Waals surface area contributed by atoms with E-state index in [9.17, 15) is 4.79 Å². The van der Waals surface area contributed by atoms with Crippen molar-refractivity contribution >= 4 is 17.7 Å². The van der Waals surface area contributed by atoms with Crippen LogP contribution in [0.3, 0.4) is 0 Å². The molecule has 1 amide bonds. The number of nitrogens with zero attached hydrogens (tertiary/aromatic N) is 6. The average molecular weight is 451 g/mol. The van der Waals surface area contributed by atoms with E-state index in [0.717, 1.165) is 16.8 Å². The van der Waals surface area contributed by atoms with Crippen molar-refractivity contribution in [2.45, 2.75) is 6.42 Å². The van der Waals surface area contributed by atoms with E-state index in [0.29, 0.717) is 24.6 Å². The van der Waals surface area contributed by atoms with Crippen molar-refractivity contribution in [3.63, 3.8) is 0 Å². The van der Waals surface area contributed by atoms with Crippen LogP contribution < -0.4 is 5.32 Å². The van der Waals surface area contributed by atoms with Crippen molar-refractivity contribution in [2.24, 2.45) is 0 Å². The van der Waals surface area contributed by atoms with E-state index in [1.807, 2.05) is 71.5 Å². The first-order valence-corrected chi connectivity index (χ1v) is 10.7. The molecule has 0 saturated heterocycles. The molecule has 3 aromatic heterocycles. The molecule has 0 bridgehead atoms. The first-order chi connectivity index (χ1) is 16.8. The summed E-state index contributed by atoms with van der Waals surface area (Å²) >= 11 is 0. The molecule has 0 aliphatic rings. The molecule has 9 nitrogen and oxygen atoms in total. The van der Waals surface area contributed by atoms with Gasteiger partial charge in [0, 0.05) is 24.4 Å². The quantitative estimate of drug-likeness (QED) is 0.362. The van der Waals surface area contributed by atoms with Crippen LogP contribution in [-0.2, 0) is 11.2 Å². The monoisotopic (exact) mass is 451 g/mol. The lowest BCUT2D eigenvalue weighted by Crippen LogP contribution is -2.29. The fraction of sp³-hybridized carbons (Fsp3) is 0.0800. The van der Waals surface area contributed by atoms with Crippen molar-refractivity contribution in [1.29, 1.82) is 0 Å². The van der Waals surface area contributed by atoms with Crippen LogP contribution in [0.25, 0.3) is 28.8 Å². The lowest BCUT2D eigenvalue weighted by molar-refractivity contribution is -0.115. The molecule has 9 heteroatoms. The Morgan fingerprint density at radius 2 is 1.79 bits per heavy atom. The van der Waals surface area contributed by atoms with Crippen LogP contribution >= 0.6 is 0 Å². The number of tetrazole rings is 1. The highest BCUT2D eigenvalue weighted by Gasteiger charge is 2.19. The third-order valence-corrected chi connectivity index (χ3v) is 5.14. The van der Waals surface area contributed by atoms with Gasteiger partial charge < -0.3 is 9.73 Å². The first-order valence-electron chi connectivity index (χ1n) is 10.7. The van der Waals surface area contributed by atoms with E-state index in [1.54, 1.807) is 30.7 Å². The van der Waals surface area contributed by atoms with Crippen molar-refractivity contribution in [3.05, 3.63) is 103 Å². The Kier molecular flexibility index (Phi) is 6.06. The molecule has 0 radical (unpaired) electrons. The number of nitrogens with one attached hydrogen (secondary N) is 1. The van der Waals surface area contributed by atoms with E-state index in [1.165, 1.54) is 4.68 Å². The maximum Gasteiger partial charge on any atom is 0.270 e. The van der Waals surface area contributed by atoms with Crippen LogP contribution in [0.1, 0.15) is 11.3 Å². The number of benzene rings is 2. The molecular weight excluding hydrogens is 430 g/mol. The Hall–Kier alpha value is -4.79. The number of carbonyl (C=O) groups excluding carboxylic acids is 1. The molecule has 0 atom stereocenters. The molecule has 0 fully saturated rings. The van der Waals surface area contributed by atoms with Crippen molar-refractivity contribution < 1.29 is 9.21 Å². The third kappa shape index (κ3) is 4.68. The van der Waals surface area contributed by atoms with Gasteiger partial charge in [0.25, 0.3) is 5.91 Å². The summed E-state index contributed by atoms with van der Waals surface area (Å²) in [4.78, 5) is 13.2. The van der Waals surface area contributed by atoms with Crippen molar-refractivity contribution in [2.75, 3.05) is 6.54 Å². The number of carbonyl (C=O) groups is 1. The minimum absolute atomic E-state index is 0.249. The van der Waals surface area contributed by atoms with Crippen LogP contribution in [0.2, 0.25) is 0 Å². The Balaban J connectivity index is 1.33. The number of amides is 1.